The van der Waals surface area contributed by atoms with E-state index in [1.165, 1.54) is 50.7 Å². The zero-order chi connectivity index (χ0) is 31.6. The standard InChI is InChI=1S/C36H47FN2O5/c1-4-6-8-10-11-12-13-15-23-42-31-25-38-34(39-26-31)28-17-19-29(20-18-28)35(40)44-30-21-22-32(33(37)24-30)36(41)43-27(3)16-14-9-7-5-2/h17-22,24-27H,4-16,23H2,1-3H3/t27-/m1/s1. The van der Waals surface area contributed by atoms with Crippen molar-refractivity contribution in [2.24, 2.45) is 0 Å². The minimum atomic E-state index is -0.809. The molecule has 1 aromatic heterocycles. The number of carbonyl (C=O) groups is 2. The van der Waals surface area contributed by atoms with Crippen molar-refractivity contribution in [3.05, 3.63) is 71.8 Å². The summed E-state index contributed by atoms with van der Waals surface area (Å²) in [5, 5.41) is 0. The molecule has 44 heavy (non-hydrogen) atoms. The van der Waals surface area contributed by atoms with Gasteiger partial charge in [0.05, 0.1) is 36.2 Å². The highest BCUT2D eigenvalue weighted by atomic mass is 19.1. The zero-order valence-electron chi connectivity index (χ0n) is 26.5. The molecule has 1 heterocycles. The molecule has 0 radical (unpaired) electrons. The molecule has 7 nitrogen and oxygen atoms in total. The number of nitrogens with zero attached hydrogens (tertiary/aromatic N) is 2. The van der Waals surface area contributed by atoms with Crippen molar-refractivity contribution in [2.45, 2.75) is 110 Å². The SMILES string of the molecule is CCCCCCCCCCOc1cnc(-c2ccc(C(=O)Oc3ccc(C(=O)O[C@H](C)CCCCCC)c(F)c3)cc2)nc1. The molecule has 3 rings (SSSR count). The largest absolute Gasteiger partial charge is 0.490 e. The first-order chi connectivity index (χ1) is 21.4. The van der Waals surface area contributed by atoms with E-state index in [1.54, 1.807) is 43.6 Å². The van der Waals surface area contributed by atoms with E-state index in [1.807, 2.05) is 0 Å². The van der Waals surface area contributed by atoms with Crippen molar-refractivity contribution in [1.29, 1.82) is 0 Å². The van der Waals surface area contributed by atoms with Gasteiger partial charge in [-0.3, -0.25) is 0 Å². The number of carbonyl (C=O) groups excluding carboxylic acids is 2. The van der Waals surface area contributed by atoms with Gasteiger partial charge < -0.3 is 14.2 Å². The van der Waals surface area contributed by atoms with E-state index in [4.69, 9.17) is 14.2 Å². The third kappa shape index (κ3) is 12.1. The van der Waals surface area contributed by atoms with Crippen LogP contribution in [0, 0.1) is 5.82 Å². The quantitative estimate of drug-likeness (QED) is 0.0719. The van der Waals surface area contributed by atoms with E-state index in [0.29, 0.717) is 18.2 Å². The Labute approximate surface area is 261 Å². The Morgan fingerprint density at radius 3 is 2.00 bits per heavy atom. The summed E-state index contributed by atoms with van der Waals surface area (Å²) in [6.07, 6.45) is 18.0. The van der Waals surface area contributed by atoms with Gasteiger partial charge in [-0.2, -0.15) is 0 Å². The van der Waals surface area contributed by atoms with Crippen LogP contribution in [0.3, 0.4) is 0 Å². The zero-order valence-corrected chi connectivity index (χ0v) is 26.5. The van der Waals surface area contributed by atoms with E-state index in [-0.39, 0.29) is 23.0 Å². The van der Waals surface area contributed by atoms with Gasteiger partial charge in [-0.25, -0.2) is 23.9 Å². The second kappa shape index (κ2) is 19.5. The van der Waals surface area contributed by atoms with Crippen LogP contribution < -0.4 is 9.47 Å². The van der Waals surface area contributed by atoms with Crippen LogP contribution in [-0.2, 0) is 4.74 Å². The highest BCUT2D eigenvalue weighted by molar-refractivity contribution is 5.92. The lowest BCUT2D eigenvalue weighted by molar-refractivity contribution is 0.0314. The first-order valence-corrected chi connectivity index (χ1v) is 16.2. The van der Waals surface area contributed by atoms with E-state index in [0.717, 1.165) is 56.6 Å². The molecule has 2 aromatic carbocycles. The Bertz CT molecular complexity index is 1280. The first kappa shape index (κ1) is 34.7. The maximum atomic E-state index is 14.7. The maximum absolute atomic E-state index is 14.7. The summed E-state index contributed by atoms with van der Waals surface area (Å²) >= 11 is 0. The molecule has 0 unspecified atom stereocenters. The van der Waals surface area contributed by atoms with Gasteiger partial charge in [0.2, 0.25) is 0 Å². The molecule has 0 aliphatic rings. The smallest absolute Gasteiger partial charge is 0.343 e. The fourth-order valence-electron chi connectivity index (χ4n) is 4.78. The van der Waals surface area contributed by atoms with Gasteiger partial charge in [0, 0.05) is 11.6 Å². The summed E-state index contributed by atoms with van der Waals surface area (Å²) in [5.74, 6) is -1.07. The Hall–Kier alpha value is -3.81. The fraction of sp³-hybridized carbons (Fsp3) is 0.500. The average Bonchev–Trinajstić information content (AvgIpc) is 3.02. The maximum Gasteiger partial charge on any atom is 0.343 e. The Morgan fingerprint density at radius 1 is 0.750 bits per heavy atom. The number of esters is 2. The van der Waals surface area contributed by atoms with Gasteiger partial charge in [0.25, 0.3) is 0 Å². The normalized spacial score (nSPS) is 11.6. The molecule has 0 fully saturated rings. The Kier molecular flexibility index (Phi) is 15.3. The van der Waals surface area contributed by atoms with Crippen LogP contribution in [-0.4, -0.2) is 34.6 Å². The van der Waals surface area contributed by atoms with Crippen LogP contribution in [0.5, 0.6) is 11.5 Å². The summed E-state index contributed by atoms with van der Waals surface area (Å²) in [7, 11) is 0. The molecule has 0 amide bonds. The van der Waals surface area contributed by atoms with Crippen LogP contribution in [0.25, 0.3) is 11.4 Å². The third-order valence-corrected chi connectivity index (χ3v) is 7.42. The van der Waals surface area contributed by atoms with Crippen molar-refractivity contribution in [3.8, 4) is 22.9 Å². The van der Waals surface area contributed by atoms with Crippen LogP contribution in [0.4, 0.5) is 4.39 Å². The monoisotopic (exact) mass is 606 g/mol. The van der Waals surface area contributed by atoms with Gasteiger partial charge in [0.15, 0.2) is 11.6 Å². The Balaban J connectivity index is 1.44. The first-order valence-electron chi connectivity index (χ1n) is 16.2. The number of aromatic nitrogens is 2. The molecule has 0 aliphatic heterocycles. The fourth-order valence-corrected chi connectivity index (χ4v) is 4.78. The molecular formula is C36H47FN2O5. The molecule has 1 atom stereocenters. The number of benzene rings is 2. The van der Waals surface area contributed by atoms with Crippen LogP contribution in [0.1, 0.15) is 125 Å². The molecule has 0 saturated carbocycles. The highest BCUT2D eigenvalue weighted by Gasteiger charge is 2.18. The van der Waals surface area contributed by atoms with E-state index < -0.39 is 17.8 Å². The second-order valence-corrected chi connectivity index (χ2v) is 11.2. The Morgan fingerprint density at radius 2 is 1.36 bits per heavy atom. The predicted molar refractivity (Wildman–Crippen MR) is 171 cm³/mol. The number of unbranched alkanes of at least 4 members (excludes halogenated alkanes) is 10. The second-order valence-electron chi connectivity index (χ2n) is 11.2. The lowest BCUT2D eigenvalue weighted by Crippen LogP contribution is -2.16. The summed E-state index contributed by atoms with van der Waals surface area (Å²) in [6.45, 7) is 6.81. The number of hydrogen-bond donors (Lipinski definition) is 0. The molecule has 0 bridgehead atoms. The lowest BCUT2D eigenvalue weighted by Gasteiger charge is -2.14. The van der Waals surface area contributed by atoms with E-state index in [2.05, 4.69) is 23.8 Å². The van der Waals surface area contributed by atoms with E-state index in [9.17, 15) is 14.0 Å². The topological polar surface area (TPSA) is 87.6 Å². The molecule has 238 valence electrons. The van der Waals surface area contributed by atoms with Crippen molar-refractivity contribution >= 4 is 11.9 Å². The van der Waals surface area contributed by atoms with Crippen molar-refractivity contribution < 1.29 is 28.2 Å². The van der Waals surface area contributed by atoms with Gasteiger partial charge in [-0.15, -0.1) is 0 Å². The highest BCUT2D eigenvalue weighted by Crippen LogP contribution is 2.22. The van der Waals surface area contributed by atoms with Crippen molar-refractivity contribution in [2.75, 3.05) is 6.61 Å². The average molecular weight is 607 g/mol. The lowest BCUT2D eigenvalue weighted by atomic mass is 10.1. The summed E-state index contributed by atoms with van der Waals surface area (Å²) in [6, 6.07) is 10.3. The number of halogens is 1. The summed E-state index contributed by atoms with van der Waals surface area (Å²) < 4.78 is 31.2. The molecule has 0 spiro atoms. The summed E-state index contributed by atoms with van der Waals surface area (Å²) in [5.41, 5.74) is 0.809. The van der Waals surface area contributed by atoms with Gasteiger partial charge in [0.1, 0.15) is 11.6 Å². The van der Waals surface area contributed by atoms with Crippen LogP contribution >= 0.6 is 0 Å². The van der Waals surface area contributed by atoms with Gasteiger partial charge >= 0.3 is 11.9 Å². The molecular weight excluding hydrogens is 559 g/mol. The molecule has 3 aromatic rings. The molecule has 0 N–H and O–H groups in total. The number of rotatable bonds is 20. The third-order valence-electron chi connectivity index (χ3n) is 7.42. The molecule has 8 heteroatoms. The van der Waals surface area contributed by atoms with Crippen LogP contribution in [0.2, 0.25) is 0 Å². The summed E-state index contributed by atoms with van der Waals surface area (Å²) in [4.78, 5) is 33.9. The predicted octanol–water partition coefficient (Wildman–Crippen LogP) is 9.54. The molecule has 0 aliphatic carbocycles. The number of ether oxygens (including phenoxy) is 3. The van der Waals surface area contributed by atoms with E-state index >= 15 is 0 Å². The molecule has 0 saturated heterocycles. The van der Waals surface area contributed by atoms with Crippen molar-refractivity contribution in [3.63, 3.8) is 0 Å². The minimum absolute atomic E-state index is 0.00774. The number of hydrogen-bond acceptors (Lipinski definition) is 7. The van der Waals surface area contributed by atoms with Crippen molar-refractivity contribution in [1.82, 2.24) is 9.97 Å². The van der Waals surface area contributed by atoms with Crippen LogP contribution in [0.15, 0.2) is 54.9 Å². The minimum Gasteiger partial charge on any atom is -0.490 e. The van der Waals surface area contributed by atoms with Gasteiger partial charge in [-0.1, -0.05) is 90.2 Å². The van der Waals surface area contributed by atoms with Gasteiger partial charge in [-0.05, 0) is 50.5 Å².